The Morgan fingerprint density at radius 2 is 2.12 bits per heavy atom. The number of esters is 1. The molecule has 0 spiro atoms. The van der Waals surface area contributed by atoms with Crippen LogP contribution in [0.1, 0.15) is 23.2 Å². The van der Waals surface area contributed by atoms with Crippen molar-refractivity contribution in [3.63, 3.8) is 0 Å². The highest BCUT2D eigenvalue weighted by Gasteiger charge is 2.25. The topological polar surface area (TPSA) is 91.4 Å². The highest BCUT2D eigenvalue weighted by Crippen LogP contribution is 2.19. The first kappa shape index (κ1) is 17.7. The number of imidazole rings is 1. The first-order chi connectivity index (χ1) is 12.6. The van der Waals surface area contributed by atoms with Gasteiger partial charge >= 0.3 is 5.97 Å². The van der Waals surface area contributed by atoms with Gasteiger partial charge in [0.2, 0.25) is 0 Å². The van der Waals surface area contributed by atoms with Gasteiger partial charge in [0.05, 0.1) is 36.3 Å². The molecule has 0 bridgehead atoms. The van der Waals surface area contributed by atoms with Gasteiger partial charge in [0.1, 0.15) is 5.76 Å². The Hall–Kier alpha value is -3.11. The Balaban J connectivity index is 1.69. The van der Waals surface area contributed by atoms with Gasteiger partial charge in [-0.05, 0) is 17.7 Å². The van der Waals surface area contributed by atoms with Crippen LogP contribution in [0.15, 0.2) is 48.1 Å². The summed E-state index contributed by atoms with van der Waals surface area (Å²) in [6, 6.07) is 9.57. The average molecular weight is 352 g/mol. The second kappa shape index (κ2) is 7.85. The summed E-state index contributed by atoms with van der Waals surface area (Å²) in [4.78, 5) is 18.1. The van der Waals surface area contributed by atoms with E-state index in [1.54, 1.807) is 24.7 Å². The van der Waals surface area contributed by atoms with E-state index < -0.39 is 5.97 Å². The first-order valence-corrected chi connectivity index (χ1v) is 8.30. The van der Waals surface area contributed by atoms with Gasteiger partial charge in [0.25, 0.3) is 0 Å². The zero-order valence-electron chi connectivity index (χ0n) is 14.6. The summed E-state index contributed by atoms with van der Waals surface area (Å²) in [5.74, 6) is -0.377. The Kier molecular flexibility index (Phi) is 5.34. The molecule has 0 fully saturated rings. The highest BCUT2D eigenvalue weighted by atomic mass is 16.5. The number of rotatable bonds is 5. The third-order valence-electron chi connectivity index (χ3n) is 4.45. The zero-order chi connectivity index (χ0) is 18.5. The molecule has 1 aromatic heterocycles. The molecule has 0 unspecified atom stereocenters. The quantitative estimate of drug-likeness (QED) is 0.828. The van der Waals surface area contributed by atoms with Crippen molar-refractivity contribution in [3.05, 3.63) is 64.9 Å². The van der Waals surface area contributed by atoms with E-state index in [-0.39, 0.29) is 5.76 Å². The van der Waals surface area contributed by atoms with Crippen LogP contribution in [-0.4, -0.2) is 45.7 Å². The minimum atomic E-state index is -0.488. The van der Waals surface area contributed by atoms with E-state index in [4.69, 9.17) is 10.00 Å². The third kappa shape index (κ3) is 3.92. The van der Waals surface area contributed by atoms with E-state index in [1.165, 1.54) is 7.11 Å². The molecule has 2 aromatic rings. The van der Waals surface area contributed by atoms with Crippen molar-refractivity contribution in [2.45, 2.75) is 19.5 Å². The van der Waals surface area contributed by atoms with E-state index in [1.807, 2.05) is 16.7 Å². The van der Waals surface area contributed by atoms with Gasteiger partial charge in [-0.3, -0.25) is 4.90 Å². The van der Waals surface area contributed by atoms with E-state index >= 15 is 0 Å². The van der Waals surface area contributed by atoms with Crippen LogP contribution in [0.5, 0.6) is 0 Å². The molecule has 1 aliphatic rings. The fraction of sp³-hybridized carbons (Fsp3) is 0.316. The van der Waals surface area contributed by atoms with Crippen molar-refractivity contribution in [3.8, 4) is 6.07 Å². The maximum atomic E-state index is 11.8. The summed E-state index contributed by atoms with van der Waals surface area (Å²) in [5, 5.41) is 18.8. The summed E-state index contributed by atoms with van der Waals surface area (Å²) in [6.07, 6.45) is 4.00. The van der Waals surface area contributed by atoms with Gasteiger partial charge in [-0.25, -0.2) is 9.78 Å². The van der Waals surface area contributed by atoms with Crippen molar-refractivity contribution < 1.29 is 14.6 Å². The Labute approximate surface area is 151 Å². The molecule has 2 heterocycles. The molecular formula is C19H20N4O3. The molecule has 0 radical (unpaired) electrons. The van der Waals surface area contributed by atoms with E-state index in [2.05, 4.69) is 16.0 Å². The lowest BCUT2D eigenvalue weighted by Crippen LogP contribution is -2.34. The molecule has 1 aliphatic heterocycles. The summed E-state index contributed by atoms with van der Waals surface area (Å²) in [5.41, 5.74) is 3.04. The van der Waals surface area contributed by atoms with E-state index in [0.29, 0.717) is 43.7 Å². The van der Waals surface area contributed by atoms with Gasteiger partial charge in [0, 0.05) is 38.8 Å². The highest BCUT2D eigenvalue weighted by molar-refractivity contribution is 5.89. The number of benzene rings is 1. The molecule has 1 N–H and O–H groups in total. The number of ether oxygens (including phenoxy) is 1. The largest absolute Gasteiger partial charge is 0.512 e. The number of nitrogens with zero attached hydrogens (tertiary/aromatic N) is 4. The number of aromatic nitrogens is 2. The molecule has 0 atom stereocenters. The Morgan fingerprint density at radius 1 is 1.35 bits per heavy atom. The van der Waals surface area contributed by atoms with Gasteiger partial charge in [-0.1, -0.05) is 12.1 Å². The third-order valence-corrected chi connectivity index (χ3v) is 4.45. The monoisotopic (exact) mass is 352 g/mol. The predicted molar refractivity (Wildman–Crippen MR) is 94.1 cm³/mol. The summed E-state index contributed by atoms with van der Waals surface area (Å²) < 4.78 is 6.78. The number of hydrogen-bond donors (Lipinski definition) is 1. The number of nitriles is 1. The second-order valence-corrected chi connectivity index (χ2v) is 6.20. The van der Waals surface area contributed by atoms with Gasteiger partial charge in [0.15, 0.2) is 0 Å². The van der Waals surface area contributed by atoms with Crippen LogP contribution in [0.4, 0.5) is 0 Å². The van der Waals surface area contributed by atoms with Crippen LogP contribution >= 0.6 is 0 Å². The minimum Gasteiger partial charge on any atom is -0.512 e. The van der Waals surface area contributed by atoms with Crippen molar-refractivity contribution in [1.29, 1.82) is 5.26 Å². The first-order valence-electron chi connectivity index (χ1n) is 8.30. The number of aliphatic hydroxyl groups is 1. The Morgan fingerprint density at radius 3 is 2.81 bits per heavy atom. The van der Waals surface area contributed by atoms with Gasteiger partial charge in [-0.15, -0.1) is 0 Å². The van der Waals surface area contributed by atoms with Gasteiger partial charge in [-0.2, -0.15) is 5.26 Å². The van der Waals surface area contributed by atoms with Crippen LogP contribution in [0.3, 0.4) is 0 Å². The lowest BCUT2D eigenvalue weighted by molar-refractivity contribution is -0.136. The number of aliphatic hydroxyl groups excluding tert-OH is 1. The standard InChI is InChI=1S/C19H20N4O3/c1-26-19(25)17-12-22(7-6-18(17)24)11-16-9-21-13-23(16)10-15-4-2-14(8-20)3-5-15/h2-5,9,13,24H,6-7,10-12H2,1H3. The number of methoxy groups -OCH3 is 1. The molecule has 0 saturated carbocycles. The normalized spacial score (nSPS) is 14.9. The average Bonchev–Trinajstić information content (AvgIpc) is 3.10. The minimum absolute atomic E-state index is 0.110. The summed E-state index contributed by atoms with van der Waals surface area (Å²) >= 11 is 0. The summed E-state index contributed by atoms with van der Waals surface area (Å²) in [7, 11) is 1.31. The molecule has 26 heavy (non-hydrogen) atoms. The Bertz CT molecular complexity index is 862. The van der Waals surface area contributed by atoms with Crippen molar-refractivity contribution >= 4 is 5.97 Å². The smallest absolute Gasteiger partial charge is 0.338 e. The lowest BCUT2D eigenvalue weighted by atomic mass is 10.1. The molecule has 0 aliphatic carbocycles. The predicted octanol–water partition coefficient (Wildman–Crippen LogP) is 1.99. The van der Waals surface area contributed by atoms with Crippen molar-refractivity contribution in [1.82, 2.24) is 14.5 Å². The van der Waals surface area contributed by atoms with E-state index in [0.717, 1.165) is 11.3 Å². The second-order valence-electron chi connectivity index (χ2n) is 6.20. The van der Waals surface area contributed by atoms with E-state index in [9.17, 15) is 9.90 Å². The van der Waals surface area contributed by atoms with Crippen molar-refractivity contribution in [2.24, 2.45) is 0 Å². The molecule has 0 saturated heterocycles. The number of hydrogen-bond acceptors (Lipinski definition) is 6. The molecule has 7 heteroatoms. The van der Waals surface area contributed by atoms with Crippen LogP contribution in [0.2, 0.25) is 0 Å². The van der Waals surface area contributed by atoms with Crippen LogP contribution in [0, 0.1) is 11.3 Å². The maximum Gasteiger partial charge on any atom is 0.338 e. The fourth-order valence-electron chi connectivity index (χ4n) is 2.98. The lowest BCUT2D eigenvalue weighted by Gasteiger charge is -2.27. The molecule has 0 amide bonds. The SMILES string of the molecule is COC(=O)C1=C(O)CCN(Cc2cncn2Cc2ccc(C#N)cc2)C1. The number of carbonyl (C=O) groups is 1. The molecule has 1 aromatic carbocycles. The number of carbonyl (C=O) groups excluding carboxylic acids is 1. The van der Waals surface area contributed by atoms with Gasteiger partial charge < -0.3 is 14.4 Å². The molecule has 7 nitrogen and oxygen atoms in total. The molecular weight excluding hydrogens is 332 g/mol. The molecule has 3 rings (SSSR count). The van der Waals surface area contributed by atoms with Crippen LogP contribution in [-0.2, 0) is 22.6 Å². The summed E-state index contributed by atoms with van der Waals surface area (Å²) in [6.45, 7) is 2.28. The molecule has 134 valence electrons. The zero-order valence-corrected chi connectivity index (χ0v) is 14.6. The maximum absolute atomic E-state index is 11.8. The fourth-order valence-corrected chi connectivity index (χ4v) is 2.98. The van der Waals surface area contributed by atoms with Crippen molar-refractivity contribution in [2.75, 3.05) is 20.2 Å². The van der Waals surface area contributed by atoms with Crippen LogP contribution in [0.25, 0.3) is 0 Å². The van der Waals surface area contributed by atoms with Crippen LogP contribution < -0.4 is 0 Å².